The predicted octanol–water partition coefficient (Wildman–Crippen LogP) is 2.77. The number of carbonyl (C=O) groups excluding carboxylic acids is 1. The van der Waals surface area contributed by atoms with Crippen molar-refractivity contribution in [1.29, 1.82) is 0 Å². The molecular formula is C15H16N2O. The number of pyridine rings is 2. The highest BCUT2D eigenvalue weighted by atomic mass is 16.1. The molecule has 0 spiro atoms. The van der Waals surface area contributed by atoms with Gasteiger partial charge >= 0.3 is 0 Å². The molecule has 0 aromatic carbocycles. The Labute approximate surface area is 107 Å². The van der Waals surface area contributed by atoms with Crippen LogP contribution >= 0.6 is 0 Å². The molecule has 2 aromatic heterocycles. The van der Waals surface area contributed by atoms with Gasteiger partial charge in [0.25, 0.3) is 0 Å². The van der Waals surface area contributed by atoms with Gasteiger partial charge < -0.3 is 0 Å². The lowest BCUT2D eigenvalue weighted by Crippen LogP contribution is -2.07. The van der Waals surface area contributed by atoms with Crippen LogP contribution in [0.15, 0.2) is 36.8 Å². The second-order valence-corrected chi connectivity index (χ2v) is 4.30. The standard InChI is InChI=1S/C15H16N2O/c1-3-12-4-5-13(17-10-12)8-15(18)14-6-7-16-9-11(14)2/h4-7,9-10H,3,8H2,1-2H3. The van der Waals surface area contributed by atoms with E-state index in [0.717, 1.165) is 23.2 Å². The Morgan fingerprint density at radius 1 is 1.22 bits per heavy atom. The van der Waals surface area contributed by atoms with Crippen LogP contribution in [0.3, 0.4) is 0 Å². The van der Waals surface area contributed by atoms with Crippen molar-refractivity contribution < 1.29 is 4.79 Å². The average molecular weight is 240 g/mol. The van der Waals surface area contributed by atoms with E-state index < -0.39 is 0 Å². The first-order valence-electron chi connectivity index (χ1n) is 6.08. The Morgan fingerprint density at radius 3 is 2.67 bits per heavy atom. The van der Waals surface area contributed by atoms with Gasteiger partial charge in [-0.15, -0.1) is 0 Å². The zero-order chi connectivity index (χ0) is 13.0. The number of Topliss-reactive ketones (excluding diaryl/α,β-unsaturated/α-hetero) is 1. The monoisotopic (exact) mass is 240 g/mol. The Morgan fingerprint density at radius 2 is 2.06 bits per heavy atom. The Bertz CT molecular complexity index is 547. The summed E-state index contributed by atoms with van der Waals surface area (Å²) in [5.41, 5.74) is 3.64. The van der Waals surface area contributed by atoms with Gasteiger partial charge in [-0.1, -0.05) is 13.0 Å². The number of rotatable bonds is 4. The highest BCUT2D eigenvalue weighted by Gasteiger charge is 2.10. The molecule has 0 saturated heterocycles. The smallest absolute Gasteiger partial charge is 0.169 e. The molecule has 2 rings (SSSR count). The van der Waals surface area contributed by atoms with Gasteiger partial charge in [0.15, 0.2) is 5.78 Å². The van der Waals surface area contributed by atoms with E-state index in [2.05, 4.69) is 16.9 Å². The summed E-state index contributed by atoms with van der Waals surface area (Å²) >= 11 is 0. The van der Waals surface area contributed by atoms with Gasteiger partial charge in [-0.05, 0) is 36.6 Å². The van der Waals surface area contributed by atoms with Crippen molar-refractivity contribution in [1.82, 2.24) is 9.97 Å². The van der Waals surface area contributed by atoms with Gasteiger partial charge in [0.1, 0.15) is 0 Å². The van der Waals surface area contributed by atoms with Gasteiger partial charge in [0, 0.05) is 29.8 Å². The average Bonchev–Trinajstić information content (AvgIpc) is 2.40. The van der Waals surface area contributed by atoms with Gasteiger partial charge in [-0.25, -0.2) is 0 Å². The van der Waals surface area contributed by atoms with Crippen molar-refractivity contribution >= 4 is 5.78 Å². The van der Waals surface area contributed by atoms with Crippen LogP contribution in [0.2, 0.25) is 0 Å². The normalized spacial score (nSPS) is 10.3. The molecule has 2 aromatic rings. The SMILES string of the molecule is CCc1ccc(CC(=O)c2ccncc2C)nc1. The van der Waals surface area contributed by atoms with Crippen LogP contribution in [0.5, 0.6) is 0 Å². The molecule has 0 radical (unpaired) electrons. The fourth-order valence-corrected chi connectivity index (χ4v) is 1.81. The summed E-state index contributed by atoms with van der Waals surface area (Å²) in [7, 11) is 0. The minimum Gasteiger partial charge on any atom is -0.294 e. The zero-order valence-electron chi connectivity index (χ0n) is 10.7. The molecule has 92 valence electrons. The second kappa shape index (κ2) is 5.54. The van der Waals surface area contributed by atoms with Crippen LogP contribution in [0, 0.1) is 6.92 Å². The fraction of sp³-hybridized carbons (Fsp3) is 0.267. The molecule has 2 heterocycles. The zero-order valence-corrected chi connectivity index (χ0v) is 10.7. The molecule has 0 unspecified atom stereocenters. The van der Waals surface area contributed by atoms with E-state index in [0.29, 0.717) is 6.42 Å². The summed E-state index contributed by atoms with van der Waals surface area (Å²) < 4.78 is 0. The van der Waals surface area contributed by atoms with E-state index in [-0.39, 0.29) is 5.78 Å². The number of hydrogen-bond acceptors (Lipinski definition) is 3. The van der Waals surface area contributed by atoms with Gasteiger partial charge in [-0.2, -0.15) is 0 Å². The maximum atomic E-state index is 12.1. The number of aromatic nitrogens is 2. The topological polar surface area (TPSA) is 42.9 Å². The van der Waals surface area contributed by atoms with Crippen LogP contribution in [0.1, 0.15) is 34.1 Å². The molecule has 0 amide bonds. The van der Waals surface area contributed by atoms with Crippen molar-refractivity contribution in [2.24, 2.45) is 0 Å². The van der Waals surface area contributed by atoms with Crippen LogP contribution < -0.4 is 0 Å². The largest absolute Gasteiger partial charge is 0.294 e. The summed E-state index contributed by atoms with van der Waals surface area (Å²) in [4.78, 5) is 20.4. The Kier molecular flexibility index (Phi) is 3.82. The van der Waals surface area contributed by atoms with Crippen molar-refractivity contribution in [2.75, 3.05) is 0 Å². The number of nitrogens with zero attached hydrogens (tertiary/aromatic N) is 2. The molecule has 0 N–H and O–H groups in total. The lowest BCUT2D eigenvalue weighted by Gasteiger charge is -2.04. The van der Waals surface area contributed by atoms with E-state index >= 15 is 0 Å². The van der Waals surface area contributed by atoms with Crippen LogP contribution in [0.4, 0.5) is 0 Å². The summed E-state index contributed by atoms with van der Waals surface area (Å²) in [6.07, 6.45) is 6.50. The Balaban J connectivity index is 2.14. The third kappa shape index (κ3) is 2.80. The van der Waals surface area contributed by atoms with Crippen molar-refractivity contribution in [3.63, 3.8) is 0 Å². The van der Waals surface area contributed by atoms with Crippen molar-refractivity contribution in [2.45, 2.75) is 26.7 Å². The fourth-order valence-electron chi connectivity index (χ4n) is 1.81. The highest BCUT2D eigenvalue weighted by molar-refractivity contribution is 5.98. The molecule has 0 aliphatic rings. The van der Waals surface area contributed by atoms with Crippen molar-refractivity contribution in [3.8, 4) is 0 Å². The summed E-state index contributed by atoms with van der Waals surface area (Å²) in [5.74, 6) is 0.0895. The molecule has 0 aliphatic carbocycles. The minimum absolute atomic E-state index is 0.0895. The van der Waals surface area contributed by atoms with E-state index in [1.54, 1.807) is 18.5 Å². The van der Waals surface area contributed by atoms with E-state index in [9.17, 15) is 4.79 Å². The molecule has 0 aliphatic heterocycles. The van der Waals surface area contributed by atoms with E-state index in [1.807, 2.05) is 25.3 Å². The van der Waals surface area contributed by atoms with Crippen LogP contribution in [0.25, 0.3) is 0 Å². The third-order valence-electron chi connectivity index (χ3n) is 2.96. The number of aryl methyl sites for hydroxylation is 2. The van der Waals surface area contributed by atoms with Crippen molar-refractivity contribution in [3.05, 3.63) is 59.2 Å². The number of hydrogen-bond donors (Lipinski definition) is 0. The number of carbonyl (C=O) groups is 1. The second-order valence-electron chi connectivity index (χ2n) is 4.30. The Hall–Kier alpha value is -2.03. The van der Waals surface area contributed by atoms with Crippen LogP contribution in [-0.2, 0) is 12.8 Å². The van der Waals surface area contributed by atoms with Crippen LogP contribution in [-0.4, -0.2) is 15.8 Å². The maximum Gasteiger partial charge on any atom is 0.169 e. The first-order chi connectivity index (χ1) is 8.70. The molecule has 18 heavy (non-hydrogen) atoms. The molecule has 3 heteroatoms. The lowest BCUT2D eigenvalue weighted by molar-refractivity contribution is 0.0991. The first kappa shape index (κ1) is 12.4. The van der Waals surface area contributed by atoms with E-state index in [1.165, 1.54) is 5.56 Å². The van der Waals surface area contributed by atoms with Gasteiger partial charge in [0.05, 0.1) is 6.42 Å². The highest BCUT2D eigenvalue weighted by Crippen LogP contribution is 2.10. The quantitative estimate of drug-likeness (QED) is 0.772. The predicted molar refractivity (Wildman–Crippen MR) is 70.6 cm³/mol. The maximum absolute atomic E-state index is 12.1. The summed E-state index contributed by atoms with van der Waals surface area (Å²) in [6, 6.07) is 5.71. The van der Waals surface area contributed by atoms with Gasteiger partial charge in [-0.3, -0.25) is 14.8 Å². The number of ketones is 1. The van der Waals surface area contributed by atoms with E-state index in [4.69, 9.17) is 0 Å². The molecule has 0 bridgehead atoms. The lowest BCUT2D eigenvalue weighted by atomic mass is 10.0. The van der Waals surface area contributed by atoms with Gasteiger partial charge in [0.2, 0.25) is 0 Å². The summed E-state index contributed by atoms with van der Waals surface area (Å²) in [6.45, 7) is 3.98. The molecule has 0 atom stereocenters. The summed E-state index contributed by atoms with van der Waals surface area (Å²) in [5, 5.41) is 0. The minimum atomic E-state index is 0.0895. The first-order valence-corrected chi connectivity index (χ1v) is 6.08. The molecule has 0 saturated carbocycles. The molecule has 3 nitrogen and oxygen atoms in total. The third-order valence-corrected chi connectivity index (χ3v) is 2.96. The molecular weight excluding hydrogens is 224 g/mol. The molecule has 0 fully saturated rings.